The second-order valence-electron chi connectivity index (χ2n) is 7.29. The Hall–Kier alpha value is -0.300. The molecular formula is C20H32NO4PS2. The molecule has 1 aromatic heterocycles. The maximum Gasteiger partial charge on any atom is 0.359 e. The van der Waals surface area contributed by atoms with Gasteiger partial charge in [-0.2, -0.15) is 0 Å². The number of thioether (sulfide) groups is 2. The van der Waals surface area contributed by atoms with E-state index in [0.29, 0.717) is 19.6 Å². The van der Waals surface area contributed by atoms with Crippen molar-refractivity contribution in [3.63, 3.8) is 0 Å². The number of rotatable bonds is 9. The zero-order chi connectivity index (χ0) is 20.8. The van der Waals surface area contributed by atoms with Crippen LogP contribution >= 0.6 is 31.1 Å². The first-order chi connectivity index (χ1) is 13.2. The highest BCUT2D eigenvalue weighted by Crippen LogP contribution is 2.67. The molecule has 0 fully saturated rings. The van der Waals surface area contributed by atoms with Crippen LogP contribution in [0.3, 0.4) is 0 Å². The Bertz CT molecular complexity index is 696. The Morgan fingerprint density at radius 3 is 2.29 bits per heavy atom. The number of pyridine rings is 1. The minimum absolute atomic E-state index is 0.0346. The van der Waals surface area contributed by atoms with Crippen molar-refractivity contribution in [3.8, 4) is 0 Å². The van der Waals surface area contributed by atoms with Crippen molar-refractivity contribution in [2.24, 2.45) is 0 Å². The van der Waals surface area contributed by atoms with Gasteiger partial charge in [-0.3, -0.25) is 9.55 Å². The topological polar surface area (TPSA) is 57.7 Å². The third-order valence-electron chi connectivity index (χ3n) is 3.97. The summed E-state index contributed by atoms with van der Waals surface area (Å²) in [5.74, 6) is 0.768. The second-order valence-corrected chi connectivity index (χ2v) is 12.0. The third-order valence-corrected chi connectivity index (χ3v) is 8.99. The van der Waals surface area contributed by atoms with Crippen LogP contribution in [0.4, 0.5) is 0 Å². The van der Waals surface area contributed by atoms with E-state index < -0.39 is 7.60 Å². The number of allylic oxidation sites excluding steroid dienone is 1. The summed E-state index contributed by atoms with van der Waals surface area (Å²) in [7, 11) is -3.42. The van der Waals surface area contributed by atoms with Crippen LogP contribution in [0.1, 0.15) is 59.4 Å². The van der Waals surface area contributed by atoms with Crippen LogP contribution in [0, 0.1) is 0 Å². The first kappa shape index (κ1) is 24.0. The molecule has 1 aliphatic heterocycles. The lowest BCUT2D eigenvalue weighted by molar-refractivity contribution is -0.0233. The van der Waals surface area contributed by atoms with E-state index in [1.54, 1.807) is 35.9 Å². The summed E-state index contributed by atoms with van der Waals surface area (Å²) in [4.78, 5) is 4.14. The van der Waals surface area contributed by atoms with Gasteiger partial charge in [0.15, 0.2) is 0 Å². The van der Waals surface area contributed by atoms with Gasteiger partial charge in [-0.1, -0.05) is 18.7 Å². The van der Waals surface area contributed by atoms with Crippen LogP contribution in [0.15, 0.2) is 34.1 Å². The Morgan fingerprint density at radius 2 is 1.79 bits per heavy atom. The smallest absolute Gasteiger partial charge is 0.359 e. The molecular weight excluding hydrogens is 413 g/mol. The van der Waals surface area contributed by atoms with Crippen LogP contribution in [0.25, 0.3) is 0 Å². The van der Waals surface area contributed by atoms with E-state index in [0.717, 1.165) is 20.9 Å². The predicted octanol–water partition coefficient (Wildman–Crippen LogP) is 6.63. The molecule has 0 amide bonds. The van der Waals surface area contributed by atoms with Crippen LogP contribution in [-0.2, 0) is 18.3 Å². The highest BCUT2D eigenvalue weighted by molar-refractivity contribution is 8.22. The molecule has 2 rings (SSSR count). The summed E-state index contributed by atoms with van der Waals surface area (Å²) in [6.45, 7) is 12.6. The van der Waals surface area contributed by atoms with Crippen molar-refractivity contribution in [1.82, 2.24) is 4.98 Å². The SMILES string of the molecule is CCOP(=O)(OCC)C1=C(SCC)S[C@@H](OC(C)(C)C)C[C@H]1c1ccncc1. The van der Waals surface area contributed by atoms with Gasteiger partial charge in [0, 0.05) is 18.3 Å². The number of ether oxygens (including phenoxy) is 1. The van der Waals surface area contributed by atoms with Crippen LogP contribution in [0.2, 0.25) is 0 Å². The zero-order valence-corrected chi connectivity index (χ0v) is 20.2. The summed E-state index contributed by atoms with van der Waals surface area (Å²) >= 11 is 3.32. The summed E-state index contributed by atoms with van der Waals surface area (Å²) < 4.78 is 32.7. The summed E-state index contributed by atoms with van der Waals surface area (Å²) in [5, 5.41) is 0.771. The fourth-order valence-corrected chi connectivity index (χ4v) is 8.63. The van der Waals surface area contributed by atoms with Gasteiger partial charge in [-0.05, 0) is 64.5 Å². The van der Waals surface area contributed by atoms with Crippen molar-refractivity contribution in [1.29, 1.82) is 0 Å². The maximum absolute atomic E-state index is 13.8. The second kappa shape index (κ2) is 10.6. The van der Waals surface area contributed by atoms with E-state index in [4.69, 9.17) is 13.8 Å². The maximum atomic E-state index is 13.8. The van der Waals surface area contributed by atoms with Crippen LogP contribution in [0.5, 0.6) is 0 Å². The van der Waals surface area contributed by atoms with Crippen molar-refractivity contribution >= 4 is 31.1 Å². The molecule has 0 saturated carbocycles. The van der Waals surface area contributed by atoms with Gasteiger partial charge >= 0.3 is 7.60 Å². The molecule has 1 aromatic rings. The molecule has 5 nitrogen and oxygen atoms in total. The molecule has 1 aliphatic rings. The first-order valence-electron chi connectivity index (χ1n) is 9.75. The molecule has 2 heterocycles. The van der Waals surface area contributed by atoms with E-state index in [1.807, 2.05) is 26.0 Å². The standard InChI is InChI=1S/C20H32NO4PS2/c1-7-23-26(22,24-8-2)18-16(15-10-12-21-13-11-15)14-17(25-20(4,5)6)28-19(18)27-9-3/h10-13,16-17H,7-9,14H2,1-6H3/t16-,17+/m0/s1. The quantitative estimate of drug-likeness (QED) is 0.395. The third kappa shape index (κ3) is 6.35. The summed E-state index contributed by atoms with van der Waals surface area (Å²) in [5.41, 5.74) is 0.762. The van der Waals surface area contributed by atoms with Gasteiger partial charge in [0.2, 0.25) is 0 Å². The molecule has 0 aliphatic carbocycles. The van der Waals surface area contributed by atoms with Gasteiger partial charge < -0.3 is 13.8 Å². The van der Waals surface area contributed by atoms with Gasteiger partial charge in [-0.25, -0.2) is 0 Å². The van der Waals surface area contributed by atoms with Gasteiger partial charge in [0.1, 0.15) is 5.44 Å². The molecule has 158 valence electrons. The average Bonchev–Trinajstić information content (AvgIpc) is 2.61. The van der Waals surface area contributed by atoms with Gasteiger partial charge in [0.25, 0.3) is 0 Å². The monoisotopic (exact) mass is 445 g/mol. The molecule has 0 unspecified atom stereocenters. The molecule has 0 N–H and O–H groups in total. The Kier molecular flexibility index (Phi) is 9.12. The molecule has 2 atom stereocenters. The van der Waals surface area contributed by atoms with Crippen molar-refractivity contribution in [3.05, 3.63) is 39.6 Å². The van der Waals surface area contributed by atoms with Crippen molar-refractivity contribution in [2.45, 2.75) is 64.9 Å². The number of hydrogen-bond donors (Lipinski definition) is 0. The van der Waals surface area contributed by atoms with Crippen LogP contribution < -0.4 is 0 Å². The van der Waals surface area contributed by atoms with Crippen LogP contribution in [-0.4, -0.2) is 35.0 Å². The fraction of sp³-hybridized carbons (Fsp3) is 0.650. The summed E-state index contributed by atoms with van der Waals surface area (Å²) in [6.07, 6.45) is 4.25. The van der Waals surface area contributed by atoms with Gasteiger partial charge in [-0.15, -0.1) is 11.8 Å². The van der Waals surface area contributed by atoms with E-state index in [-0.39, 0.29) is 17.0 Å². The molecule has 0 spiro atoms. The Labute approximate surface area is 177 Å². The van der Waals surface area contributed by atoms with Gasteiger partial charge in [0.05, 0.1) is 28.4 Å². The number of nitrogens with zero attached hydrogens (tertiary/aromatic N) is 1. The molecule has 0 radical (unpaired) electrons. The highest BCUT2D eigenvalue weighted by atomic mass is 32.2. The molecule has 0 saturated heterocycles. The van der Waals surface area contributed by atoms with E-state index >= 15 is 0 Å². The van der Waals surface area contributed by atoms with E-state index in [1.165, 1.54) is 0 Å². The molecule has 0 bridgehead atoms. The number of hydrogen-bond acceptors (Lipinski definition) is 7. The molecule has 0 aromatic carbocycles. The van der Waals surface area contributed by atoms with Crippen molar-refractivity contribution < 1.29 is 18.3 Å². The lowest BCUT2D eigenvalue weighted by atomic mass is 9.96. The largest absolute Gasteiger partial charge is 0.362 e. The Balaban J connectivity index is 2.59. The molecule has 8 heteroatoms. The van der Waals surface area contributed by atoms with E-state index in [9.17, 15) is 4.57 Å². The minimum atomic E-state index is -3.42. The lowest BCUT2D eigenvalue weighted by Crippen LogP contribution is -2.29. The fourth-order valence-electron chi connectivity index (χ4n) is 3.09. The lowest BCUT2D eigenvalue weighted by Gasteiger charge is -2.38. The predicted molar refractivity (Wildman–Crippen MR) is 120 cm³/mol. The average molecular weight is 446 g/mol. The number of aromatic nitrogens is 1. The normalized spacial score (nSPS) is 21.2. The minimum Gasteiger partial charge on any atom is -0.362 e. The van der Waals surface area contributed by atoms with E-state index in [2.05, 4.69) is 32.7 Å². The molecule has 28 heavy (non-hydrogen) atoms. The van der Waals surface area contributed by atoms with Crippen molar-refractivity contribution in [2.75, 3.05) is 19.0 Å². The first-order valence-corrected chi connectivity index (χ1v) is 13.2. The Morgan fingerprint density at radius 1 is 1.18 bits per heavy atom. The summed E-state index contributed by atoms with van der Waals surface area (Å²) in [6, 6.07) is 3.95. The zero-order valence-electron chi connectivity index (χ0n) is 17.6. The highest BCUT2D eigenvalue weighted by Gasteiger charge is 2.44.